The van der Waals surface area contributed by atoms with Gasteiger partial charge >= 0.3 is 0 Å². The molecule has 0 unspecified atom stereocenters. The van der Waals surface area contributed by atoms with Gasteiger partial charge in [-0.1, -0.05) is 18.2 Å². The molecule has 3 rings (SSSR count). The van der Waals surface area contributed by atoms with Crippen LogP contribution in [0.4, 0.5) is 5.69 Å². The molecule has 0 spiro atoms. The van der Waals surface area contributed by atoms with E-state index < -0.39 is 10.0 Å². The minimum absolute atomic E-state index is 0.405. The molecule has 5 heteroatoms. The SMILES string of the molecule is CC(C)N1C[C@@H]2CN(S(C)(=O)=O)c3ccccc3[C@H]2C1. The number of para-hydroxylation sites is 1. The minimum atomic E-state index is -3.20. The third-order valence-corrected chi connectivity index (χ3v) is 5.75. The molecule has 2 aliphatic heterocycles. The third kappa shape index (κ3) is 2.23. The number of benzene rings is 1. The van der Waals surface area contributed by atoms with E-state index in [-0.39, 0.29) is 0 Å². The summed E-state index contributed by atoms with van der Waals surface area (Å²) in [6.07, 6.45) is 1.30. The first kappa shape index (κ1) is 13.9. The molecular weight excluding hydrogens is 272 g/mol. The Labute approximate surface area is 121 Å². The van der Waals surface area contributed by atoms with E-state index in [1.54, 1.807) is 4.31 Å². The summed E-state index contributed by atoms with van der Waals surface area (Å²) < 4.78 is 25.7. The largest absolute Gasteiger partial charge is 0.300 e. The van der Waals surface area contributed by atoms with Crippen LogP contribution in [0.3, 0.4) is 0 Å². The number of rotatable bonds is 2. The van der Waals surface area contributed by atoms with Crippen molar-refractivity contribution >= 4 is 15.7 Å². The maximum atomic E-state index is 12.1. The Morgan fingerprint density at radius 2 is 1.85 bits per heavy atom. The molecule has 110 valence electrons. The summed E-state index contributed by atoms with van der Waals surface area (Å²) in [5.74, 6) is 0.869. The molecule has 0 amide bonds. The summed E-state index contributed by atoms with van der Waals surface area (Å²) >= 11 is 0. The van der Waals surface area contributed by atoms with Gasteiger partial charge in [0, 0.05) is 31.6 Å². The first-order valence-corrected chi connectivity index (χ1v) is 9.03. The number of anilines is 1. The Morgan fingerprint density at radius 3 is 2.50 bits per heavy atom. The van der Waals surface area contributed by atoms with E-state index in [2.05, 4.69) is 24.8 Å². The van der Waals surface area contributed by atoms with Gasteiger partial charge in [-0.25, -0.2) is 8.42 Å². The van der Waals surface area contributed by atoms with E-state index in [1.165, 1.54) is 11.8 Å². The lowest BCUT2D eigenvalue weighted by Crippen LogP contribution is -2.41. The van der Waals surface area contributed by atoms with Crippen LogP contribution in [0.2, 0.25) is 0 Å². The van der Waals surface area contributed by atoms with Gasteiger partial charge in [-0.05, 0) is 31.4 Å². The predicted octanol–water partition coefficient (Wildman–Crippen LogP) is 1.89. The molecule has 2 heterocycles. The smallest absolute Gasteiger partial charge is 0.232 e. The first-order valence-electron chi connectivity index (χ1n) is 7.18. The molecule has 2 aliphatic rings. The quantitative estimate of drug-likeness (QED) is 0.836. The average molecular weight is 294 g/mol. The number of sulfonamides is 1. The van der Waals surface area contributed by atoms with Crippen molar-refractivity contribution < 1.29 is 8.42 Å². The van der Waals surface area contributed by atoms with Crippen molar-refractivity contribution in [2.75, 3.05) is 30.2 Å². The number of likely N-dealkylation sites (tertiary alicyclic amines) is 1. The lowest BCUT2D eigenvalue weighted by Gasteiger charge is -2.36. The Hall–Kier alpha value is -1.07. The van der Waals surface area contributed by atoms with Crippen LogP contribution in [0.5, 0.6) is 0 Å². The average Bonchev–Trinajstić information content (AvgIpc) is 2.81. The van der Waals surface area contributed by atoms with Crippen molar-refractivity contribution in [3.05, 3.63) is 29.8 Å². The van der Waals surface area contributed by atoms with E-state index in [4.69, 9.17) is 0 Å². The lowest BCUT2D eigenvalue weighted by atomic mass is 9.85. The third-order valence-electron chi connectivity index (χ3n) is 4.61. The highest BCUT2D eigenvalue weighted by atomic mass is 32.2. The van der Waals surface area contributed by atoms with Crippen LogP contribution in [0.25, 0.3) is 0 Å². The summed E-state index contributed by atoms with van der Waals surface area (Å²) in [5, 5.41) is 0. The molecule has 4 nitrogen and oxygen atoms in total. The fourth-order valence-corrected chi connectivity index (χ4v) is 4.50. The van der Waals surface area contributed by atoms with Crippen LogP contribution in [0.15, 0.2) is 24.3 Å². The van der Waals surface area contributed by atoms with Crippen LogP contribution in [-0.4, -0.2) is 45.2 Å². The van der Waals surface area contributed by atoms with E-state index in [0.717, 1.165) is 18.8 Å². The number of hydrogen-bond donors (Lipinski definition) is 0. The van der Waals surface area contributed by atoms with Crippen LogP contribution in [0, 0.1) is 5.92 Å². The number of fused-ring (bicyclic) bond motifs is 3. The highest BCUT2D eigenvalue weighted by molar-refractivity contribution is 7.92. The van der Waals surface area contributed by atoms with Gasteiger partial charge in [-0.15, -0.1) is 0 Å². The molecule has 1 aromatic carbocycles. The second kappa shape index (κ2) is 4.74. The van der Waals surface area contributed by atoms with Gasteiger partial charge in [0.25, 0.3) is 0 Å². The van der Waals surface area contributed by atoms with Gasteiger partial charge in [0.1, 0.15) is 0 Å². The summed E-state index contributed by atoms with van der Waals surface area (Å²) in [4.78, 5) is 2.46. The highest BCUT2D eigenvalue weighted by Gasteiger charge is 2.42. The monoisotopic (exact) mass is 294 g/mol. The Balaban J connectivity index is 2.03. The van der Waals surface area contributed by atoms with Gasteiger partial charge in [-0.2, -0.15) is 0 Å². The molecule has 0 aromatic heterocycles. The van der Waals surface area contributed by atoms with E-state index >= 15 is 0 Å². The maximum absolute atomic E-state index is 12.1. The molecule has 1 fully saturated rings. The standard InChI is InChI=1S/C15H22N2O2S/c1-11(2)16-8-12-9-17(20(3,18)19)15-7-5-4-6-13(15)14(12)10-16/h4-7,11-12,14H,8-10H2,1-3H3/t12-,14+/m1/s1. The zero-order valence-corrected chi connectivity index (χ0v) is 13.1. The first-order chi connectivity index (χ1) is 9.38. The number of hydrogen-bond acceptors (Lipinski definition) is 3. The Morgan fingerprint density at radius 1 is 1.15 bits per heavy atom. The zero-order chi connectivity index (χ0) is 14.5. The molecule has 1 saturated heterocycles. The minimum Gasteiger partial charge on any atom is -0.300 e. The Kier molecular flexibility index (Phi) is 3.29. The summed E-state index contributed by atoms with van der Waals surface area (Å²) in [5.41, 5.74) is 2.07. The molecule has 0 N–H and O–H groups in total. The van der Waals surface area contributed by atoms with Crippen LogP contribution < -0.4 is 4.31 Å². The van der Waals surface area contributed by atoms with Crippen molar-refractivity contribution in [3.63, 3.8) is 0 Å². The molecular formula is C15H22N2O2S. The zero-order valence-electron chi connectivity index (χ0n) is 12.3. The van der Waals surface area contributed by atoms with E-state index in [1.807, 2.05) is 18.2 Å². The molecule has 0 aliphatic carbocycles. The van der Waals surface area contributed by atoms with Crippen LogP contribution in [0.1, 0.15) is 25.3 Å². The second-order valence-electron chi connectivity index (χ2n) is 6.27. The van der Waals surface area contributed by atoms with E-state index in [9.17, 15) is 8.42 Å². The number of nitrogens with zero attached hydrogens (tertiary/aromatic N) is 2. The fraction of sp³-hybridized carbons (Fsp3) is 0.600. The van der Waals surface area contributed by atoms with Crippen LogP contribution >= 0.6 is 0 Å². The predicted molar refractivity (Wildman–Crippen MR) is 81.6 cm³/mol. The van der Waals surface area contributed by atoms with Gasteiger partial charge in [-0.3, -0.25) is 9.21 Å². The Bertz CT molecular complexity index is 612. The molecule has 0 radical (unpaired) electrons. The normalized spacial score (nSPS) is 26.7. The van der Waals surface area contributed by atoms with Crippen molar-refractivity contribution in [2.45, 2.75) is 25.8 Å². The fourth-order valence-electron chi connectivity index (χ4n) is 3.52. The van der Waals surface area contributed by atoms with Gasteiger partial charge in [0.15, 0.2) is 0 Å². The topological polar surface area (TPSA) is 40.6 Å². The second-order valence-corrected chi connectivity index (χ2v) is 8.17. The summed E-state index contributed by atoms with van der Waals surface area (Å²) in [7, 11) is -3.20. The lowest BCUT2D eigenvalue weighted by molar-refractivity contribution is 0.265. The molecule has 0 bridgehead atoms. The van der Waals surface area contributed by atoms with Crippen molar-refractivity contribution in [1.29, 1.82) is 0 Å². The molecule has 0 saturated carbocycles. The highest BCUT2D eigenvalue weighted by Crippen LogP contribution is 2.43. The van der Waals surface area contributed by atoms with Gasteiger partial charge in [0.2, 0.25) is 10.0 Å². The summed E-state index contributed by atoms with van der Waals surface area (Å²) in [6, 6.07) is 8.48. The van der Waals surface area contributed by atoms with Crippen molar-refractivity contribution in [3.8, 4) is 0 Å². The van der Waals surface area contributed by atoms with Crippen LogP contribution in [-0.2, 0) is 10.0 Å². The van der Waals surface area contributed by atoms with Gasteiger partial charge in [0.05, 0.1) is 11.9 Å². The molecule has 2 atom stereocenters. The molecule has 1 aromatic rings. The maximum Gasteiger partial charge on any atom is 0.232 e. The van der Waals surface area contributed by atoms with Crippen molar-refractivity contribution in [2.24, 2.45) is 5.92 Å². The van der Waals surface area contributed by atoms with Gasteiger partial charge < -0.3 is 0 Å². The van der Waals surface area contributed by atoms with Crippen molar-refractivity contribution in [1.82, 2.24) is 4.90 Å². The molecule has 20 heavy (non-hydrogen) atoms. The summed E-state index contributed by atoms with van der Waals surface area (Å²) in [6.45, 7) is 7.05. The van der Waals surface area contributed by atoms with E-state index in [0.29, 0.717) is 24.4 Å².